The molecule has 19 heavy (non-hydrogen) atoms. The van der Waals surface area contributed by atoms with E-state index in [-0.39, 0.29) is 18.0 Å². The van der Waals surface area contributed by atoms with Crippen LogP contribution >= 0.6 is 11.8 Å². The van der Waals surface area contributed by atoms with Crippen LogP contribution in [0.25, 0.3) is 0 Å². The summed E-state index contributed by atoms with van der Waals surface area (Å²) in [6, 6.07) is 0. The third kappa shape index (κ3) is 15.6. The van der Waals surface area contributed by atoms with Crippen LogP contribution < -0.4 is 0 Å². The summed E-state index contributed by atoms with van der Waals surface area (Å²) in [5.74, 6) is 2.36. The van der Waals surface area contributed by atoms with E-state index in [0.717, 1.165) is 12.2 Å². The van der Waals surface area contributed by atoms with Crippen molar-refractivity contribution in [3.05, 3.63) is 0 Å². The molecule has 0 aromatic rings. The Morgan fingerprint density at radius 2 is 1.42 bits per heavy atom. The van der Waals surface area contributed by atoms with Gasteiger partial charge in [0.1, 0.15) is 11.6 Å². The quantitative estimate of drug-likeness (QED) is 0.340. The number of rotatable bonds is 14. The normalized spacial score (nSPS) is 10.6. The summed E-state index contributed by atoms with van der Waals surface area (Å²) in [5.41, 5.74) is 0. The lowest BCUT2D eigenvalue weighted by molar-refractivity contribution is -0.125. The molecule has 2 nitrogen and oxygen atoms in total. The molecule has 0 spiro atoms. The molecule has 0 fully saturated rings. The molecule has 0 aliphatic carbocycles. The lowest BCUT2D eigenvalue weighted by Crippen LogP contribution is -2.04. The number of unbranched alkanes of at least 4 members (excludes halogenated alkanes) is 6. The van der Waals surface area contributed by atoms with E-state index in [1.165, 1.54) is 57.6 Å². The van der Waals surface area contributed by atoms with E-state index in [2.05, 4.69) is 6.92 Å². The molecule has 0 aromatic heterocycles. The topological polar surface area (TPSA) is 34.1 Å². The number of ketones is 2. The van der Waals surface area contributed by atoms with Gasteiger partial charge in [-0.15, -0.1) is 0 Å². The Bertz CT molecular complexity index is 239. The predicted octanol–water partition coefficient (Wildman–Crippen LogP) is 4.80. The van der Waals surface area contributed by atoms with Gasteiger partial charge in [-0.05, 0) is 31.3 Å². The average molecular weight is 286 g/mol. The maximum absolute atomic E-state index is 11.3. The first-order valence-corrected chi connectivity index (χ1v) is 8.91. The second-order valence-electron chi connectivity index (χ2n) is 5.25. The Morgan fingerprint density at radius 1 is 0.842 bits per heavy atom. The first kappa shape index (κ1) is 18.7. The maximum atomic E-state index is 11.3. The molecule has 0 bridgehead atoms. The van der Waals surface area contributed by atoms with E-state index in [9.17, 15) is 9.59 Å². The van der Waals surface area contributed by atoms with Gasteiger partial charge in [0.05, 0.1) is 6.42 Å². The largest absolute Gasteiger partial charge is 0.300 e. The zero-order chi connectivity index (χ0) is 14.3. The van der Waals surface area contributed by atoms with Crippen molar-refractivity contribution in [3.63, 3.8) is 0 Å². The van der Waals surface area contributed by atoms with Crippen molar-refractivity contribution in [3.8, 4) is 0 Å². The minimum Gasteiger partial charge on any atom is -0.300 e. The Hall–Kier alpha value is -0.310. The van der Waals surface area contributed by atoms with Crippen molar-refractivity contribution >= 4 is 23.3 Å². The molecule has 3 heteroatoms. The van der Waals surface area contributed by atoms with Gasteiger partial charge in [0, 0.05) is 6.42 Å². The molecule has 0 saturated heterocycles. The second kappa shape index (κ2) is 14.1. The molecule has 0 saturated carbocycles. The fraction of sp³-hybridized carbons (Fsp3) is 0.875. The van der Waals surface area contributed by atoms with E-state index in [0.29, 0.717) is 6.42 Å². The predicted molar refractivity (Wildman–Crippen MR) is 84.9 cm³/mol. The minimum atomic E-state index is -0.0132. The monoisotopic (exact) mass is 286 g/mol. The highest BCUT2D eigenvalue weighted by Crippen LogP contribution is 2.12. The van der Waals surface area contributed by atoms with Gasteiger partial charge in [0.25, 0.3) is 0 Å². The van der Waals surface area contributed by atoms with E-state index >= 15 is 0 Å². The Balaban J connectivity index is 3.10. The van der Waals surface area contributed by atoms with Crippen LogP contribution in [-0.4, -0.2) is 23.1 Å². The van der Waals surface area contributed by atoms with Crippen molar-refractivity contribution in [2.75, 3.05) is 11.5 Å². The number of carbonyl (C=O) groups excluding carboxylic acids is 2. The smallest absolute Gasteiger partial charge is 0.140 e. The summed E-state index contributed by atoms with van der Waals surface area (Å²) in [5, 5.41) is 0. The third-order valence-corrected chi connectivity index (χ3v) is 4.24. The average Bonchev–Trinajstić information content (AvgIpc) is 2.35. The molecular formula is C16H30O2S. The van der Waals surface area contributed by atoms with E-state index < -0.39 is 0 Å². The summed E-state index contributed by atoms with van der Waals surface area (Å²) < 4.78 is 0. The van der Waals surface area contributed by atoms with Crippen molar-refractivity contribution in [2.24, 2.45) is 0 Å². The third-order valence-electron chi connectivity index (χ3n) is 3.08. The number of Topliss-reactive ketones (excluding diaryl/α,β-unsaturated/α-hetero) is 2. The lowest BCUT2D eigenvalue weighted by atomic mass is 10.1. The maximum Gasteiger partial charge on any atom is 0.140 e. The molecule has 0 radical (unpaired) electrons. The lowest BCUT2D eigenvalue weighted by Gasteiger charge is -2.02. The van der Waals surface area contributed by atoms with Crippen molar-refractivity contribution in [2.45, 2.75) is 78.1 Å². The fourth-order valence-electron chi connectivity index (χ4n) is 2.00. The molecule has 0 unspecified atom stereocenters. The van der Waals surface area contributed by atoms with Gasteiger partial charge in [-0.1, -0.05) is 45.4 Å². The highest BCUT2D eigenvalue weighted by atomic mass is 32.2. The number of thioether (sulfide) groups is 1. The molecule has 0 aliphatic rings. The molecule has 0 N–H and O–H groups in total. The molecule has 112 valence electrons. The number of hydrogen-bond acceptors (Lipinski definition) is 3. The molecule has 0 rings (SSSR count). The van der Waals surface area contributed by atoms with Crippen LogP contribution in [0.4, 0.5) is 0 Å². The van der Waals surface area contributed by atoms with Crippen LogP contribution in [0.5, 0.6) is 0 Å². The van der Waals surface area contributed by atoms with Crippen LogP contribution in [0.2, 0.25) is 0 Å². The van der Waals surface area contributed by atoms with Gasteiger partial charge in [-0.2, -0.15) is 11.8 Å². The van der Waals surface area contributed by atoms with E-state index in [1.807, 2.05) is 11.8 Å². The van der Waals surface area contributed by atoms with E-state index in [4.69, 9.17) is 0 Å². The molecule has 0 aromatic carbocycles. The summed E-state index contributed by atoms with van der Waals surface area (Å²) in [6.07, 6.45) is 11.1. The summed E-state index contributed by atoms with van der Waals surface area (Å²) in [6.45, 7) is 3.73. The van der Waals surface area contributed by atoms with Crippen LogP contribution in [0.15, 0.2) is 0 Å². The first-order chi connectivity index (χ1) is 9.16. The molecule has 0 atom stereocenters. The Morgan fingerprint density at radius 3 is 2.05 bits per heavy atom. The van der Waals surface area contributed by atoms with Crippen molar-refractivity contribution in [1.82, 2.24) is 0 Å². The van der Waals surface area contributed by atoms with Crippen LogP contribution in [0.3, 0.4) is 0 Å². The highest BCUT2D eigenvalue weighted by Gasteiger charge is 2.04. The highest BCUT2D eigenvalue weighted by molar-refractivity contribution is 7.99. The molecule has 0 aliphatic heterocycles. The first-order valence-electron chi connectivity index (χ1n) is 7.75. The Kier molecular flexibility index (Phi) is 13.9. The standard InChI is InChI=1S/C16H30O2S/c1-3-4-5-6-7-8-9-12-19-13-10-11-16(18)14-15(2)17/h3-14H2,1-2H3. The SMILES string of the molecule is CCCCCCCCCSCCCC(=O)CC(C)=O. The van der Waals surface area contributed by atoms with Crippen LogP contribution in [0, 0.1) is 0 Å². The van der Waals surface area contributed by atoms with Crippen molar-refractivity contribution in [1.29, 1.82) is 0 Å². The van der Waals surface area contributed by atoms with Crippen molar-refractivity contribution < 1.29 is 9.59 Å². The molecular weight excluding hydrogens is 256 g/mol. The summed E-state index contributed by atoms with van der Waals surface area (Å²) >= 11 is 1.95. The van der Waals surface area contributed by atoms with Gasteiger partial charge in [-0.25, -0.2) is 0 Å². The van der Waals surface area contributed by atoms with Gasteiger partial charge in [0.2, 0.25) is 0 Å². The van der Waals surface area contributed by atoms with E-state index in [1.54, 1.807) is 0 Å². The number of hydrogen-bond donors (Lipinski definition) is 0. The number of carbonyl (C=O) groups is 2. The Labute approximate surface area is 123 Å². The minimum absolute atomic E-state index is 0.0132. The second-order valence-corrected chi connectivity index (χ2v) is 6.48. The van der Waals surface area contributed by atoms with Gasteiger partial charge in [0.15, 0.2) is 0 Å². The molecule has 0 amide bonds. The summed E-state index contributed by atoms with van der Waals surface area (Å²) in [7, 11) is 0. The van der Waals surface area contributed by atoms with Gasteiger partial charge in [-0.3, -0.25) is 9.59 Å². The van der Waals surface area contributed by atoms with Crippen LogP contribution in [0.1, 0.15) is 78.1 Å². The zero-order valence-corrected chi connectivity index (χ0v) is 13.5. The molecule has 0 heterocycles. The fourth-order valence-corrected chi connectivity index (χ4v) is 2.96. The van der Waals surface area contributed by atoms with Crippen LogP contribution in [-0.2, 0) is 9.59 Å². The van der Waals surface area contributed by atoms with Gasteiger partial charge >= 0.3 is 0 Å². The zero-order valence-electron chi connectivity index (χ0n) is 12.7. The summed E-state index contributed by atoms with van der Waals surface area (Å²) in [4.78, 5) is 22.0. The van der Waals surface area contributed by atoms with Gasteiger partial charge < -0.3 is 0 Å².